The smallest absolute Gasteiger partial charge is 0.210 e. The molecule has 0 spiro atoms. The quantitative estimate of drug-likeness (QED) is 0.420. The number of carbonyl (C=O) groups is 1. The molecule has 0 bridgehead atoms. The van der Waals surface area contributed by atoms with Gasteiger partial charge in [0.25, 0.3) is 0 Å². The summed E-state index contributed by atoms with van der Waals surface area (Å²) < 4.78 is 13.7. The summed E-state index contributed by atoms with van der Waals surface area (Å²) in [6.45, 7) is 3.73. The van der Waals surface area contributed by atoms with Crippen LogP contribution in [0.15, 0.2) is 72.9 Å². The number of nitrogens with zero attached hydrogens (tertiary/aromatic N) is 4. The van der Waals surface area contributed by atoms with Crippen LogP contribution in [0.4, 0.5) is 0 Å². The van der Waals surface area contributed by atoms with Gasteiger partial charge in [-0.1, -0.05) is 18.2 Å². The number of Topliss-reactive ketones (excluding diaryl/α,β-unsaturated/α-hetero) is 1. The Kier molecular flexibility index (Phi) is 5.31. The van der Waals surface area contributed by atoms with Crippen LogP contribution in [-0.4, -0.2) is 20.8 Å². The van der Waals surface area contributed by atoms with E-state index >= 15 is 0 Å². The summed E-state index contributed by atoms with van der Waals surface area (Å²) in [4.78, 5) is 17.7. The highest BCUT2D eigenvalue weighted by molar-refractivity contribution is 6.32. The van der Waals surface area contributed by atoms with Gasteiger partial charge >= 0.3 is 0 Å². The fraction of sp³-hybridized carbons (Fsp3) is 0.143. The molecule has 7 heteroatoms. The molecule has 0 unspecified atom stereocenters. The van der Waals surface area contributed by atoms with Crippen molar-refractivity contribution >= 4 is 22.8 Å². The molecule has 170 valence electrons. The minimum absolute atomic E-state index is 0.108. The van der Waals surface area contributed by atoms with Crippen molar-refractivity contribution in [2.24, 2.45) is 0 Å². The SMILES string of the molecule is CC1(C)OC(c2ccc(C#N)cc2)=C(c2ccc(OCc3cn4c(C#N)cccc4n3)cc2)C1=O. The topological polar surface area (TPSA) is 100 Å². The van der Waals surface area contributed by atoms with Gasteiger partial charge in [-0.2, -0.15) is 10.5 Å². The molecule has 1 aliphatic rings. The minimum atomic E-state index is -0.987. The van der Waals surface area contributed by atoms with E-state index in [1.807, 2.05) is 18.2 Å². The molecule has 5 rings (SSSR count). The Bertz CT molecular complexity index is 1560. The second-order valence-electron chi connectivity index (χ2n) is 8.63. The van der Waals surface area contributed by atoms with Crippen molar-refractivity contribution in [3.05, 3.63) is 101 Å². The van der Waals surface area contributed by atoms with Crippen LogP contribution in [0.1, 0.15) is 41.9 Å². The van der Waals surface area contributed by atoms with Gasteiger partial charge in [0.15, 0.2) is 5.60 Å². The number of hydrogen-bond donors (Lipinski definition) is 0. The van der Waals surface area contributed by atoms with Gasteiger partial charge < -0.3 is 9.47 Å². The van der Waals surface area contributed by atoms with Gasteiger partial charge in [-0.3, -0.25) is 9.20 Å². The van der Waals surface area contributed by atoms with Crippen molar-refractivity contribution in [1.82, 2.24) is 9.38 Å². The van der Waals surface area contributed by atoms with E-state index in [2.05, 4.69) is 17.1 Å². The average Bonchev–Trinajstić information content (AvgIpc) is 3.40. The second-order valence-corrected chi connectivity index (χ2v) is 8.63. The normalized spacial score (nSPS) is 14.5. The molecule has 0 aliphatic carbocycles. The van der Waals surface area contributed by atoms with E-state index in [4.69, 9.17) is 14.7 Å². The molecule has 0 atom stereocenters. The fourth-order valence-electron chi connectivity index (χ4n) is 4.02. The van der Waals surface area contributed by atoms with Gasteiger partial charge in [-0.15, -0.1) is 0 Å². The number of aromatic nitrogens is 2. The number of ether oxygens (including phenoxy) is 2. The lowest BCUT2D eigenvalue weighted by Gasteiger charge is -2.17. The van der Waals surface area contributed by atoms with Crippen LogP contribution in [0.5, 0.6) is 5.75 Å². The number of nitriles is 2. The Morgan fingerprint density at radius 1 is 0.971 bits per heavy atom. The second kappa shape index (κ2) is 8.48. The number of imidazole rings is 1. The van der Waals surface area contributed by atoms with E-state index in [1.54, 1.807) is 73.0 Å². The molecular weight excluding hydrogens is 440 g/mol. The Balaban J connectivity index is 1.40. The first-order valence-corrected chi connectivity index (χ1v) is 11.0. The molecule has 4 aromatic rings. The highest BCUT2D eigenvalue weighted by Gasteiger charge is 2.42. The molecule has 0 fully saturated rings. The standard InChI is InChI=1S/C28H20N4O3/c1-28(2)27(33)25(26(35-28)20-8-6-18(14-29)7-9-20)19-10-12-23(13-11-19)34-17-21-16-32-22(15-30)4-3-5-24(32)31-21/h3-13,16H,17H2,1-2H3. The molecular formula is C28H20N4O3. The number of pyridine rings is 1. The Morgan fingerprint density at radius 3 is 2.37 bits per heavy atom. The molecule has 2 aromatic heterocycles. The molecule has 0 saturated heterocycles. The zero-order valence-electron chi connectivity index (χ0n) is 19.1. The van der Waals surface area contributed by atoms with E-state index in [1.165, 1.54) is 0 Å². The van der Waals surface area contributed by atoms with Gasteiger partial charge in [0, 0.05) is 11.8 Å². The summed E-state index contributed by atoms with van der Waals surface area (Å²) in [6, 6.07) is 23.8. The third-order valence-corrected chi connectivity index (χ3v) is 5.82. The maximum Gasteiger partial charge on any atom is 0.210 e. The summed E-state index contributed by atoms with van der Waals surface area (Å²) in [5.41, 5.74) is 3.39. The maximum absolute atomic E-state index is 13.2. The van der Waals surface area contributed by atoms with Gasteiger partial charge in [0.05, 0.1) is 22.9 Å². The van der Waals surface area contributed by atoms with E-state index in [9.17, 15) is 10.1 Å². The van der Waals surface area contributed by atoms with Crippen molar-refractivity contribution in [2.45, 2.75) is 26.1 Å². The molecule has 35 heavy (non-hydrogen) atoms. The Morgan fingerprint density at radius 2 is 1.69 bits per heavy atom. The number of hydrogen-bond acceptors (Lipinski definition) is 6. The van der Waals surface area contributed by atoms with Crippen molar-refractivity contribution in [3.8, 4) is 17.9 Å². The lowest BCUT2D eigenvalue weighted by Crippen LogP contribution is -2.29. The summed E-state index contributed by atoms with van der Waals surface area (Å²) >= 11 is 0. The summed E-state index contributed by atoms with van der Waals surface area (Å²) in [5, 5.41) is 18.3. The summed E-state index contributed by atoms with van der Waals surface area (Å²) in [7, 11) is 0. The van der Waals surface area contributed by atoms with E-state index in [-0.39, 0.29) is 12.4 Å². The van der Waals surface area contributed by atoms with Crippen LogP contribution in [0.3, 0.4) is 0 Å². The molecule has 1 aliphatic heterocycles. The number of rotatable bonds is 5. The summed E-state index contributed by atoms with van der Waals surface area (Å²) in [6.07, 6.45) is 1.79. The Labute approximate surface area is 202 Å². The van der Waals surface area contributed by atoms with Crippen molar-refractivity contribution in [2.75, 3.05) is 0 Å². The third-order valence-electron chi connectivity index (χ3n) is 5.82. The highest BCUT2D eigenvalue weighted by atomic mass is 16.5. The first kappa shape index (κ1) is 21.9. The van der Waals surface area contributed by atoms with Gasteiger partial charge in [-0.05, 0) is 67.9 Å². The van der Waals surface area contributed by atoms with Gasteiger partial charge in [0.2, 0.25) is 5.78 Å². The van der Waals surface area contributed by atoms with Gasteiger partial charge in [0.1, 0.15) is 35.5 Å². The minimum Gasteiger partial charge on any atom is -0.487 e. The first-order chi connectivity index (χ1) is 16.9. The molecule has 7 nitrogen and oxygen atoms in total. The third kappa shape index (κ3) is 4.01. The first-order valence-electron chi connectivity index (χ1n) is 11.0. The van der Waals surface area contributed by atoms with Crippen molar-refractivity contribution in [3.63, 3.8) is 0 Å². The Hall–Kier alpha value is -4.88. The average molecular weight is 460 g/mol. The van der Waals surface area contributed by atoms with E-state index in [0.717, 1.165) is 11.1 Å². The fourth-order valence-corrected chi connectivity index (χ4v) is 4.02. The van der Waals surface area contributed by atoms with Crippen LogP contribution in [0, 0.1) is 22.7 Å². The van der Waals surface area contributed by atoms with Crippen LogP contribution < -0.4 is 4.74 Å². The molecule has 0 N–H and O–H groups in total. The largest absolute Gasteiger partial charge is 0.487 e. The zero-order valence-corrected chi connectivity index (χ0v) is 19.1. The maximum atomic E-state index is 13.2. The number of ketones is 1. The predicted octanol–water partition coefficient (Wildman–Crippen LogP) is 4.90. The van der Waals surface area contributed by atoms with Crippen LogP contribution in [-0.2, 0) is 16.1 Å². The lowest BCUT2D eigenvalue weighted by molar-refractivity contribution is -0.125. The van der Waals surface area contributed by atoms with E-state index in [0.29, 0.717) is 39.7 Å². The monoisotopic (exact) mass is 460 g/mol. The molecule has 0 radical (unpaired) electrons. The number of carbonyl (C=O) groups excluding carboxylic acids is 1. The van der Waals surface area contributed by atoms with E-state index < -0.39 is 5.60 Å². The molecule has 3 heterocycles. The van der Waals surface area contributed by atoms with Crippen LogP contribution in [0.25, 0.3) is 17.0 Å². The predicted molar refractivity (Wildman–Crippen MR) is 129 cm³/mol. The summed E-state index contributed by atoms with van der Waals surface area (Å²) in [5.74, 6) is 1.01. The van der Waals surface area contributed by atoms with Gasteiger partial charge in [-0.25, -0.2) is 4.98 Å². The lowest BCUT2D eigenvalue weighted by atomic mass is 9.92. The molecule has 0 saturated carbocycles. The zero-order chi connectivity index (χ0) is 24.6. The van der Waals surface area contributed by atoms with Crippen molar-refractivity contribution < 1.29 is 14.3 Å². The molecule has 2 aromatic carbocycles. The molecule has 0 amide bonds. The highest BCUT2D eigenvalue weighted by Crippen LogP contribution is 2.41. The number of benzene rings is 2. The van der Waals surface area contributed by atoms with Crippen molar-refractivity contribution in [1.29, 1.82) is 10.5 Å². The van der Waals surface area contributed by atoms with Crippen LogP contribution >= 0.6 is 0 Å². The van der Waals surface area contributed by atoms with Crippen LogP contribution in [0.2, 0.25) is 0 Å². The number of fused-ring (bicyclic) bond motifs is 1.